The third-order valence-electron chi connectivity index (χ3n) is 3.46. The average Bonchev–Trinajstić information content (AvgIpc) is 2.53. The summed E-state index contributed by atoms with van der Waals surface area (Å²) >= 11 is 6.22. The molecule has 0 radical (unpaired) electrons. The van der Waals surface area contributed by atoms with Crippen molar-refractivity contribution < 1.29 is 4.74 Å². The van der Waals surface area contributed by atoms with Gasteiger partial charge < -0.3 is 15.4 Å². The molecule has 2 aromatic carbocycles. The van der Waals surface area contributed by atoms with Gasteiger partial charge in [-0.05, 0) is 49.3 Å². The van der Waals surface area contributed by atoms with Crippen molar-refractivity contribution in [1.29, 1.82) is 0 Å². The predicted molar refractivity (Wildman–Crippen MR) is 93.4 cm³/mol. The molecule has 0 unspecified atom stereocenters. The molecule has 0 fully saturated rings. The van der Waals surface area contributed by atoms with Gasteiger partial charge in [-0.1, -0.05) is 41.9 Å². The normalized spacial score (nSPS) is 11.0. The second-order valence-electron chi connectivity index (χ2n) is 5.55. The van der Waals surface area contributed by atoms with E-state index < -0.39 is 0 Å². The number of rotatable bonds is 7. The molecule has 0 saturated carbocycles. The van der Waals surface area contributed by atoms with Crippen molar-refractivity contribution in [2.75, 3.05) is 27.2 Å². The standard InChI is InChI=1S/C18H23ClN2O/c1-21(2)10-3-11-22-18-12-16(8-9-17(18)19)15-6-4-14(13-20)5-7-15/h4-9,12H,3,10-11,13,20H2,1-2H3. The lowest BCUT2D eigenvalue weighted by molar-refractivity contribution is 0.282. The Kier molecular flexibility index (Phi) is 6.25. The topological polar surface area (TPSA) is 38.5 Å². The molecule has 0 bridgehead atoms. The lowest BCUT2D eigenvalue weighted by Crippen LogP contribution is -2.15. The Bertz CT molecular complexity index is 597. The minimum Gasteiger partial charge on any atom is -0.492 e. The molecular formula is C18H23ClN2O. The van der Waals surface area contributed by atoms with Gasteiger partial charge in [0.05, 0.1) is 11.6 Å². The maximum absolute atomic E-state index is 6.22. The third kappa shape index (κ3) is 4.73. The van der Waals surface area contributed by atoms with E-state index >= 15 is 0 Å². The lowest BCUT2D eigenvalue weighted by Gasteiger charge is -2.12. The Morgan fingerprint density at radius 1 is 1.05 bits per heavy atom. The van der Waals surface area contributed by atoms with E-state index in [2.05, 4.69) is 31.1 Å². The largest absolute Gasteiger partial charge is 0.492 e. The molecule has 0 saturated heterocycles. The maximum Gasteiger partial charge on any atom is 0.138 e. The van der Waals surface area contributed by atoms with Crippen molar-refractivity contribution in [3.8, 4) is 16.9 Å². The first-order valence-corrected chi connectivity index (χ1v) is 7.84. The maximum atomic E-state index is 6.22. The van der Waals surface area contributed by atoms with Gasteiger partial charge in [-0.15, -0.1) is 0 Å². The minimum absolute atomic E-state index is 0.557. The Morgan fingerprint density at radius 2 is 1.73 bits per heavy atom. The molecule has 0 heterocycles. The van der Waals surface area contributed by atoms with Crippen molar-refractivity contribution >= 4 is 11.6 Å². The summed E-state index contributed by atoms with van der Waals surface area (Å²) in [5.74, 6) is 0.737. The van der Waals surface area contributed by atoms with Gasteiger partial charge in [-0.2, -0.15) is 0 Å². The van der Waals surface area contributed by atoms with Gasteiger partial charge in [-0.25, -0.2) is 0 Å². The molecule has 0 atom stereocenters. The summed E-state index contributed by atoms with van der Waals surface area (Å²) in [6.07, 6.45) is 0.971. The molecule has 0 amide bonds. The predicted octanol–water partition coefficient (Wildman–Crippen LogP) is 3.80. The smallest absolute Gasteiger partial charge is 0.138 e. The van der Waals surface area contributed by atoms with Crippen LogP contribution in [0.5, 0.6) is 5.75 Å². The lowest BCUT2D eigenvalue weighted by atomic mass is 10.0. The first kappa shape index (κ1) is 16.8. The number of hydrogen-bond donors (Lipinski definition) is 1. The van der Waals surface area contributed by atoms with E-state index in [9.17, 15) is 0 Å². The molecule has 2 aromatic rings. The van der Waals surface area contributed by atoms with Crippen LogP contribution >= 0.6 is 11.6 Å². The first-order chi connectivity index (χ1) is 10.6. The zero-order valence-electron chi connectivity index (χ0n) is 13.2. The van der Waals surface area contributed by atoms with E-state index in [0.29, 0.717) is 18.2 Å². The van der Waals surface area contributed by atoms with Crippen LogP contribution < -0.4 is 10.5 Å². The number of nitrogens with zero attached hydrogens (tertiary/aromatic N) is 1. The van der Waals surface area contributed by atoms with E-state index in [0.717, 1.165) is 35.4 Å². The third-order valence-corrected chi connectivity index (χ3v) is 3.77. The number of hydrogen-bond acceptors (Lipinski definition) is 3. The highest BCUT2D eigenvalue weighted by Crippen LogP contribution is 2.30. The monoisotopic (exact) mass is 318 g/mol. The van der Waals surface area contributed by atoms with E-state index in [1.54, 1.807) is 0 Å². The Balaban J connectivity index is 2.08. The van der Waals surface area contributed by atoms with Crippen molar-refractivity contribution in [3.63, 3.8) is 0 Å². The second kappa shape index (κ2) is 8.18. The van der Waals surface area contributed by atoms with Crippen LogP contribution in [0.3, 0.4) is 0 Å². The van der Waals surface area contributed by atoms with Gasteiger partial charge in [-0.3, -0.25) is 0 Å². The summed E-state index contributed by atoms with van der Waals surface area (Å²) in [5.41, 5.74) is 8.98. The summed E-state index contributed by atoms with van der Waals surface area (Å²) < 4.78 is 5.82. The van der Waals surface area contributed by atoms with Crippen molar-refractivity contribution in [1.82, 2.24) is 4.90 Å². The van der Waals surface area contributed by atoms with Crippen molar-refractivity contribution in [3.05, 3.63) is 53.1 Å². The number of nitrogens with two attached hydrogens (primary N) is 1. The Hall–Kier alpha value is -1.55. The van der Waals surface area contributed by atoms with Gasteiger partial charge in [0.1, 0.15) is 5.75 Å². The summed E-state index contributed by atoms with van der Waals surface area (Å²) in [5, 5.41) is 0.646. The summed E-state index contributed by atoms with van der Waals surface area (Å²) in [7, 11) is 4.11. The molecule has 22 heavy (non-hydrogen) atoms. The van der Waals surface area contributed by atoms with Gasteiger partial charge in [0.2, 0.25) is 0 Å². The molecule has 0 aromatic heterocycles. The molecule has 0 spiro atoms. The van der Waals surface area contributed by atoms with Crippen LogP contribution in [0.2, 0.25) is 5.02 Å². The highest BCUT2D eigenvalue weighted by molar-refractivity contribution is 6.32. The second-order valence-corrected chi connectivity index (χ2v) is 5.96. The molecule has 0 aliphatic carbocycles. The Labute approximate surface area is 137 Å². The van der Waals surface area contributed by atoms with Crippen LogP contribution in [0.1, 0.15) is 12.0 Å². The molecule has 0 aliphatic rings. The van der Waals surface area contributed by atoms with E-state index in [1.165, 1.54) is 0 Å². The minimum atomic E-state index is 0.557. The molecule has 3 nitrogen and oxygen atoms in total. The highest BCUT2D eigenvalue weighted by atomic mass is 35.5. The van der Waals surface area contributed by atoms with Crippen LogP contribution in [-0.4, -0.2) is 32.1 Å². The first-order valence-electron chi connectivity index (χ1n) is 7.46. The summed E-state index contributed by atoms with van der Waals surface area (Å²) in [6, 6.07) is 14.1. The van der Waals surface area contributed by atoms with Gasteiger partial charge >= 0.3 is 0 Å². The van der Waals surface area contributed by atoms with E-state index in [-0.39, 0.29) is 0 Å². The number of halogens is 1. The molecule has 118 valence electrons. The fraction of sp³-hybridized carbons (Fsp3) is 0.333. The summed E-state index contributed by atoms with van der Waals surface area (Å²) in [4.78, 5) is 2.14. The molecule has 0 aliphatic heterocycles. The Morgan fingerprint density at radius 3 is 2.36 bits per heavy atom. The van der Waals surface area contributed by atoms with Crippen LogP contribution in [0, 0.1) is 0 Å². The molecule has 2 N–H and O–H groups in total. The van der Waals surface area contributed by atoms with Crippen LogP contribution in [0.15, 0.2) is 42.5 Å². The zero-order chi connectivity index (χ0) is 15.9. The molecular weight excluding hydrogens is 296 g/mol. The van der Waals surface area contributed by atoms with Crippen molar-refractivity contribution in [2.45, 2.75) is 13.0 Å². The summed E-state index contributed by atoms with van der Waals surface area (Å²) in [6.45, 7) is 2.21. The zero-order valence-corrected chi connectivity index (χ0v) is 13.9. The highest BCUT2D eigenvalue weighted by Gasteiger charge is 2.05. The van der Waals surface area contributed by atoms with Gasteiger partial charge in [0, 0.05) is 13.1 Å². The van der Waals surface area contributed by atoms with Gasteiger partial charge in [0.25, 0.3) is 0 Å². The molecule has 2 rings (SSSR count). The van der Waals surface area contributed by atoms with Crippen LogP contribution in [0.4, 0.5) is 0 Å². The quantitative estimate of drug-likeness (QED) is 0.789. The number of ether oxygens (including phenoxy) is 1. The van der Waals surface area contributed by atoms with Crippen LogP contribution in [-0.2, 0) is 6.54 Å². The fourth-order valence-electron chi connectivity index (χ4n) is 2.19. The average molecular weight is 319 g/mol. The molecule has 4 heteroatoms. The SMILES string of the molecule is CN(C)CCCOc1cc(-c2ccc(CN)cc2)ccc1Cl. The van der Waals surface area contributed by atoms with Gasteiger partial charge in [0.15, 0.2) is 0 Å². The van der Waals surface area contributed by atoms with Crippen LogP contribution in [0.25, 0.3) is 11.1 Å². The fourth-order valence-corrected chi connectivity index (χ4v) is 2.36. The van der Waals surface area contributed by atoms with E-state index in [1.807, 2.05) is 30.3 Å². The van der Waals surface area contributed by atoms with Crippen molar-refractivity contribution in [2.24, 2.45) is 5.73 Å². The van der Waals surface area contributed by atoms with E-state index in [4.69, 9.17) is 22.1 Å². The number of benzene rings is 2.